The normalized spacial score (nSPS) is 13.2. The van der Waals surface area contributed by atoms with E-state index in [9.17, 15) is 14.4 Å². The first-order valence-electron chi connectivity index (χ1n) is 7.27. The van der Waals surface area contributed by atoms with E-state index >= 15 is 0 Å². The maximum Gasteiger partial charge on any atom is 0.243 e. The van der Waals surface area contributed by atoms with Crippen molar-refractivity contribution in [2.45, 2.75) is 38.8 Å². The third kappa shape index (κ3) is 5.95. The fourth-order valence-electron chi connectivity index (χ4n) is 2.15. The standard InChI is InChI=1S/C16H23N3O3/c1-11(2)8-14(18-10-20)16(22)19-13(15(17)21)9-12-6-4-3-5-7-12/h3-7,10-11,13-14H,8-9H2,1-2H3,(H2,17,21)(H,18,20)(H,19,22)/t13-,14-/m0/s1. The number of amides is 3. The molecule has 0 saturated heterocycles. The first-order valence-corrected chi connectivity index (χ1v) is 7.27. The van der Waals surface area contributed by atoms with Crippen LogP contribution in [0.3, 0.4) is 0 Å². The SMILES string of the molecule is CC(C)C[C@H](NC=O)C(=O)N[C@@H](Cc1ccccc1)C(N)=O. The van der Waals surface area contributed by atoms with Crippen molar-refractivity contribution in [3.05, 3.63) is 35.9 Å². The Morgan fingerprint density at radius 1 is 1.18 bits per heavy atom. The lowest BCUT2D eigenvalue weighted by Crippen LogP contribution is -2.52. The lowest BCUT2D eigenvalue weighted by molar-refractivity contribution is -0.129. The summed E-state index contributed by atoms with van der Waals surface area (Å²) < 4.78 is 0. The lowest BCUT2D eigenvalue weighted by Gasteiger charge is -2.21. The number of hydrogen-bond acceptors (Lipinski definition) is 3. The number of carbonyl (C=O) groups excluding carboxylic acids is 3. The van der Waals surface area contributed by atoms with Crippen molar-refractivity contribution in [3.63, 3.8) is 0 Å². The zero-order valence-corrected chi connectivity index (χ0v) is 12.9. The van der Waals surface area contributed by atoms with Crippen molar-refractivity contribution in [2.24, 2.45) is 11.7 Å². The average molecular weight is 305 g/mol. The predicted octanol–water partition coefficient (Wildman–Crippen LogP) is 0.360. The van der Waals surface area contributed by atoms with Crippen LogP contribution < -0.4 is 16.4 Å². The molecule has 6 heteroatoms. The van der Waals surface area contributed by atoms with Crippen molar-refractivity contribution >= 4 is 18.2 Å². The van der Waals surface area contributed by atoms with Crippen LogP contribution in [0.15, 0.2) is 30.3 Å². The van der Waals surface area contributed by atoms with Crippen LogP contribution in [0.25, 0.3) is 0 Å². The Morgan fingerprint density at radius 2 is 1.82 bits per heavy atom. The van der Waals surface area contributed by atoms with Gasteiger partial charge in [0.2, 0.25) is 18.2 Å². The Labute approximate surface area is 130 Å². The van der Waals surface area contributed by atoms with Gasteiger partial charge in [-0.25, -0.2) is 0 Å². The molecule has 1 aromatic rings. The molecule has 1 aromatic carbocycles. The molecule has 1 rings (SSSR count). The number of nitrogens with one attached hydrogen (secondary N) is 2. The molecule has 0 unspecified atom stereocenters. The maximum atomic E-state index is 12.2. The summed E-state index contributed by atoms with van der Waals surface area (Å²) in [6.45, 7) is 3.89. The zero-order valence-electron chi connectivity index (χ0n) is 12.9. The third-order valence-electron chi connectivity index (χ3n) is 3.24. The first kappa shape index (κ1) is 17.7. The van der Waals surface area contributed by atoms with Crippen molar-refractivity contribution in [3.8, 4) is 0 Å². The molecule has 0 saturated carbocycles. The van der Waals surface area contributed by atoms with Crippen molar-refractivity contribution < 1.29 is 14.4 Å². The minimum atomic E-state index is -0.807. The number of hydrogen-bond donors (Lipinski definition) is 3. The van der Waals surface area contributed by atoms with Crippen LogP contribution in [-0.4, -0.2) is 30.3 Å². The molecular weight excluding hydrogens is 282 g/mol. The molecule has 6 nitrogen and oxygen atoms in total. The summed E-state index contributed by atoms with van der Waals surface area (Å²) in [6.07, 6.45) is 1.29. The molecule has 0 aromatic heterocycles. The minimum Gasteiger partial charge on any atom is -0.368 e. The van der Waals surface area contributed by atoms with Crippen molar-refractivity contribution in [1.82, 2.24) is 10.6 Å². The second-order valence-electron chi connectivity index (χ2n) is 5.62. The molecule has 4 N–H and O–H groups in total. The van der Waals surface area contributed by atoms with E-state index in [1.807, 2.05) is 44.2 Å². The number of nitrogens with two attached hydrogens (primary N) is 1. The molecule has 0 heterocycles. The quantitative estimate of drug-likeness (QED) is 0.574. The minimum absolute atomic E-state index is 0.226. The molecule has 0 radical (unpaired) electrons. The molecule has 0 aliphatic carbocycles. The summed E-state index contributed by atoms with van der Waals surface area (Å²) >= 11 is 0. The maximum absolute atomic E-state index is 12.2. The average Bonchev–Trinajstić information content (AvgIpc) is 2.46. The van der Waals surface area contributed by atoms with Gasteiger partial charge in [-0.15, -0.1) is 0 Å². The van der Waals surface area contributed by atoms with Crippen molar-refractivity contribution in [1.29, 1.82) is 0 Å². The Kier molecular flexibility index (Phi) is 7.08. The summed E-state index contributed by atoms with van der Waals surface area (Å²) in [7, 11) is 0. The van der Waals surface area contributed by atoms with Crippen LogP contribution in [0.2, 0.25) is 0 Å². The summed E-state index contributed by atoms with van der Waals surface area (Å²) in [5, 5.41) is 5.10. The molecule has 3 amide bonds. The molecule has 0 spiro atoms. The van der Waals surface area contributed by atoms with Gasteiger partial charge in [0.05, 0.1) is 0 Å². The molecule has 0 fully saturated rings. The van der Waals surface area contributed by atoms with E-state index in [0.29, 0.717) is 19.3 Å². The number of primary amides is 1. The van der Waals surface area contributed by atoms with E-state index in [0.717, 1.165) is 5.56 Å². The predicted molar refractivity (Wildman–Crippen MR) is 83.7 cm³/mol. The summed E-state index contributed by atoms with van der Waals surface area (Å²) in [4.78, 5) is 34.4. The van der Waals surface area contributed by atoms with Crippen LogP contribution in [0.5, 0.6) is 0 Å². The van der Waals surface area contributed by atoms with Gasteiger partial charge in [-0.3, -0.25) is 14.4 Å². The van der Waals surface area contributed by atoms with Crippen LogP contribution in [0.4, 0.5) is 0 Å². The van der Waals surface area contributed by atoms with E-state index in [1.54, 1.807) is 0 Å². The molecule has 120 valence electrons. The van der Waals surface area contributed by atoms with Gasteiger partial charge < -0.3 is 16.4 Å². The van der Waals surface area contributed by atoms with E-state index in [1.165, 1.54) is 0 Å². The number of rotatable bonds is 9. The monoisotopic (exact) mass is 305 g/mol. The van der Waals surface area contributed by atoms with Crippen LogP contribution in [0.1, 0.15) is 25.8 Å². The topological polar surface area (TPSA) is 101 Å². The number of carbonyl (C=O) groups is 3. The second kappa shape index (κ2) is 8.81. The lowest BCUT2D eigenvalue weighted by atomic mass is 10.0. The van der Waals surface area contributed by atoms with Gasteiger partial charge in [0, 0.05) is 6.42 Å². The highest BCUT2D eigenvalue weighted by Crippen LogP contribution is 2.07. The summed E-state index contributed by atoms with van der Waals surface area (Å²) in [5.74, 6) is -0.781. The fourth-order valence-corrected chi connectivity index (χ4v) is 2.15. The van der Waals surface area contributed by atoms with E-state index < -0.39 is 23.9 Å². The third-order valence-corrected chi connectivity index (χ3v) is 3.24. The Bertz CT molecular complexity index is 503. The van der Waals surface area contributed by atoms with Crippen molar-refractivity contribution in [2.75, 3.05) is 0 Å². The van der Waals surface area contributed by atoms with Crippen LogP contribution in [0, 0.1) is 5.92 Å². The Hall–Kier alpha value is -2.37. The second-order valence-corrected chi connectivity index (χ2v) is 5.62. The fraction of sp³-hybridized carbons (Fsp3) is 0.438. The summed E-state index contributed by atoms with van der Waals surface area (Å²) in [5.41, 5.74) is 6.26. The van der Waals surface area contributed by atoms with E-state index in [-0.39, 0.29) is 5.92 Å². The van der Waals surface area contributed by atoms with Gasteiger partial charge in [-0.2, -0.15) is 0 Å². The van der Waals surface area contributed by atoms with Crippen LogP contribution >= 0.6 is 0 Å². The Morgan fingerprint density at radius 3 is 2.32 bits per heavy atom. The van der Waals surface area contributed by atoms with E-state index in [2.05, 4.69) is 10.6 Å². The zero-order chi connectivity index (χ0) is 16.5. The molecule has 0 aliphatic heterocycles. The number of benzene rings is 1. The molecule has 0 bridgehead atoms. The molecule has 0 aliphatic rings. The Balaban J connectivity index is 2.74. The summed E-state index contributed by atoms with van der Waals surface area (Å²) in [6, 6.07) is 7.81. The molecule has 22 heavy (non-hydrogen) atoms. The van der Waals surface area contributed by atoms with Gasteiger partial charge in [-0.1, -0.05) is 44.2 Å². The van der Waals surface area contributed by atoms with Gasteiger partial charge in [0.25, 0.3) is 0 Å². The van der Waals surface area contributed by atoms with Gasteiger partial charge in [0.15, 0.2) is 0 Å². The van der Waals surface area contributed by atoms with Crippen LogP contribution in [-0.2, 0) is 20.8 Å². The first-order chi connectivity index (χ1) is 10.4. The largest absolute Gasteiger partial charge is 0.368 e. The highest BCUT2D eigenvalue weighted by Gasteiger charge is 2.24. The highest BCUT2D eigenvalue weighted by atomic mass is 16.2. The highest BCUT2D eigenvalue weighted by molar-refractivity contribution is 5.90. The van der Waals surface area contributed by atoms with E-state index in [4.69, 9.17) is 5.73 Å². The van der Waals surface area contributed by atoms with Gasteiger partial charge in [-0.05, 0) is 17.9 Å². The molecular formula is C16H23N3O3. The van der Waals surface area contributed by atoms with Gasteiger partial charge >= 0.3 is 0 Å². The smallest absolute Gasteiger partial charge is 0.243 e. The molecule has 2 atom stereocenters. The van der Waals surface area contributed by atoms with Gasteiger partial charge in [0.1, 0.15) is 12.1 Å².